The Morgan fingerprint density at radius 3 is 3.14 bits per heavy atom. The summed E-state index contributed by atoms with van der Waals surface area (Å²) in [7, 11) is 0. The average Bonchev–Trinajstić information content (AvgIpc) is 2.66. The number of ketones is 1. The molecule has 0 N–H and O–H groups in total. The van der Waals surface area contributed by atoms with Gasteiger partial charge in [-0.1, -0.05) is 0 Å². The van der Waals surface area contributed by atoms with Crippen LogP contribution in [-0.2, 0) is 6.54 Å². The number of alkyl halides is 1. The highest BCUT2D eigenvalue weighted by molar-refractivity contribution is 6.30. The van der Waals surface area contributed by atoms with E-state index in [2.05, 4.69) is 11.0 Å². The predicted octanol–water partition coefficient (Wildman–Crippen LogP) is 1.72. The van der Waals surface area contributed by atoms with E-state index in [1.165, 1.54) is 6.20 Å². The lowest BCUT2D eigenvalue weighted by Crippen LogP contribution is -2.00. The molecule has 0 saturated carbocycles. The van der Waals surface area contributed by atoms with Crippen LogP contribution in [0.5, 0.6) is 0 Å². The molecular formula is C10H11ClN2O. The summed E-state index contributed by atoms with van der Waals surface area (Å²) in [4.78, 5) is 11.1. The van der Waals surface area contributed by atoms with Crippen LogP contribution in [0.4, 0.5) is 0 Å². The van der Waals surface area contributed by atoms with E-state index in [9.17, 15) is 4.79 Å². The second-order valence-electron chi connectivity index (χ2n) is 2.86. The first-order chi connectivity index (χ1) is 6.77. The number of carbonyl (C=O) groups excluding carboxylic acids is 1. The van der Waals surface area contributed by atoms with E-state index in [1.807, 2.05) is 0 Å². The highest BCUT2D eigenvalue weighted by Crippen LogP contribution is 2.02. The van der Waals surface area contributed by atoms with Gasteiger partial charge in [0.05, 0.1) is 17.6 Å². The van der Waals surface area contributed by atoms with Gasteiger partial charge in [0.1, 0.15) is 0 Å². The van der Waals surface area contributed by atoms with Crippen LogP contribution in [0.15, 0.2) is 12.4 Å². The standard InChI is InChI=1S/C10H11ClN2O/c1-2-3-4-5-13-8-9(7-12-13)10(14)6-11/h1,7-8H,3-6H2. The van der Waals surface area contributed by atoms with Crippen molar-refractivity contribution < 1.29 is 4.79 Å². The molecule has 0 radical (unpaired) electrons. The summed E-state index contributed by atoms with van der Waals surface area (Å²) in [5.74, 6) is 2.44. The smallest absolute Gasteiger partial charge is 0.180 e. The number of halogens is 1. The van der Waals surface area contributed by atoms with Crippen LogP contribution in [0.2, 0.25) is 0 Å². The maximum absolute atomic E-state index is 11.1. The van der Waals surface area contributed by atoms with Gasteiger partial charge < -0.3 is 0 Å². The molecule has 0 aliphatic heterocycles. The Kier molecular flexibility index (Phi) is 4.21. The summed E-state index contributed by atoms with van der Waals surface area (Å²) in [6.07, 6.45) is 9.93. The lowest BCUT2D eigenvalue weighted by atomic mass is 10.2. The monoisotopic (exact) mass is 210 g/mol. The van der Waals surface area contributed by atoms with Crippen molar-refractivity contribution in [3.8, 4) is 12.3 Å². The van der Waals surface area contributed by atoms with E-state index in [-0.39, 0.29) is 11.7 Å². The zero-order valence-electron chi connectivity index (χ0n) is 7.74. The predicted molar refractivity (Wildman–Crippen MR) is 55.3 cm³/mol. The van der Waals surface area contributed by atoms with Gasteiger partial charge in [0.2, 0.25) is 0 Å². The van der Waals surface area contributed by atoms with Gasteiger partial charge in [-0.25, -0.2) is 0 Å². The third kappa shape index (κ3) is 2.90. The van der Waals surface area contributed by atoms with Gasteiger partial charge in [0.25, 0.3) is 0 Å². The van der Waals surface area contributed by atoms with Crippen molar-refractivity contribution in [3.05, 3.63) is 18.0 Å². The Labute approximate surface area is 88.1 Å². The van der Waals surface area contributed by atoms with Crippen LogP contribution in [0.25, 0.3) is 0 Å². The summed E-state index contributed by atoms with van der Waals surface area (Å²) in [5.41, 5.74) is 0.556. The molecule has 3 nitrogen and oxygen atoms in total. The largest absolute Gasteiger partial charge is 0.293 e. The first kappa shape index (κ1) is 10.8. The van der Waals surface area contributed by atoms with Crippen molar-refractivity contribution in [2.24, 2.45) is 0 Å². The first-order valence-electron chi connectivity index (χ1n) is 4.33. The summed E-state index contributed by atoms with van der Waals surface area (Å²) >= 11 is 5.41. The second-order valence-corrected chi connectivity index (χ2v) is 3.12. The molecule has 0 aliphatic rings. The molecule has 0 fully saturated rings. The molecule has 74 valence electrons. The maximum Gasteiger partial charge on any atom is 0.180 e. The molecule has 1 heterocycles. The molecule has 0 aromatic carbocycles. The molecule has 0 unspecified atom stereocenters. The topological polar surface area (TPSA) is 34.9 Å². The van der Waals surface area contributed by atoms with Crippen molar-refractivity contribution in [2.45, 2.75) is 19.4 Å². The van der Waals surface area contributed by atoms with Crippen molar-refractivity contribution in [1.82, 2.24) is 9.78 Å². The molecule has 0 spiro atoms. The Morgan fingerprint density at radius 1 is 1.71 bits per heavy atom. The van der Waals surface area contributed by atoms with Crippen LogP contribution in [0.1, 0.15) is 23.2 Å². The number of aryl methyl sites for hydroxylation is 1. The number of hydrogen-bond donors (Lipinski definition) is 0. The minimum absolute atomic E-state index is 0.00392. The van der Waals surface area contributed by atoms with Gasteiger partial charge in [-0.2, -0.15) is 5.10 Å². The van der Waals surface area contributed by atoms with Crippen LogP contribution in [0, 0.1) is 12.3 Å². The molecule has 1 aromatic rings. The SMILES string of the molecule is C#CCCCn1cc(C(=O)CCl)cn1. The number of terminal acetylenes is 1. The third-order valence-electron chi connectivity index (χ3n) is 1.78. The Bertz CT molecular complexity index is 351. The summed E-state index contributed by atoms with van der Waals surface area (Å²) in [5, 5.41) is 4.03. The summed E-state index contributed by atoms with van der Waals surface area (Å²) < 4.78 is 1.71. The molecule has 0 atom stereocenters. The van der Waals surface area contributed by atoms with Crippen molar-refractivity contribution >= 4 is 17.4 Å². The number of rotatable bonds is 5. The summed E-state index contributed by atoms with van der Waals surface area (Å²) in [6, 6.07) is 0. The normalized spacial score (nSPS) is 9.71. The van der Waals surface area contributed by atoms with E-state index < -0.39 is 0 Å². The zero-order chi connectivity index (χ0) is 10.4. The van der Waals surface area contributed by atoms with E-state index in [4.69, 9.17) is 18.0 Å². The molecule has 0 amide bonds. The number of nitrogens with zero attached hydrogens (tertiary/aromatic N) is 2. The minimum atomic E-state index is -0.102. The van der Waals surface area contributed by atoms with E-state index >= 15 is 0 Å². The fourth-order valence-electron chi connectivity index (χ4n) is 1.05. The van der Waals surface area contributed by atoms with Gasteiger partial charge >= 0.3 is 0 Å². The molecule has 0 aliphatic carbocycles. The quantitative estimate of drug-likeness (QED) is 0.321. The van der Waals surface area contributed by atoms with Crippen molar-refractivity contribution in [3.63, 3.8) is 0 Å². The summed E-state index contributed by atoms with van der Waals surface area (Å²) in [6.45, 7) is 0.736. The first-order valence-corrected chi connectivity index (χ1v) is 4.86. The Hall–Kier alpha value is -1.27. The minimum Gasteiger partial charge on any atom is -0.293 e. The second kappa shape index (κ2) is 5.46. The number of unbranched alkanes of at least 4 members (excludes halogenated alkanes) is 1. The fraction of sp³-hybridized carbons (Fsp3) is 0.400. The van der Waals surface area contributed by atoms with E-state index in [0.717, 1.165) is 19.4 Å². The van der Waals surface area contributed by atoms with Gasteiger partial charge in [0, 0.05) is 19.2 Å². The number of hydrogen-bond acceptors (Lipinski definition) is 2. The molecule has 4 heteroatoms. The van der Waals surface area contributed by atoms with Crippen LogP contribution in [-0.4, -0.2) is 21.4 Å². The van der Waals surface area contributed by atoms with E-state index in [0.29, 0.717) is 5.56 Å². The molecule has 0 saturated heterocycles. The lowest BCUT2D eigenvalue weighted by Gasteiger charge is -1.96. The molecule has 14 heavy (non-hydrogen) atoms. The van der Waals surface area contributed by atoms with Gasteiger partial charge in [0.15, 0.2) is 5.78 Å². The molecular weight excluding hydrogens is 200 g/mol. The highest BCUT2D eigenvalue weighted by Gasteiger charge is 2.06. The Balaban J connectivity index is 2.51. The third-order valence-corrected chi connectivity index (χ3v) is 2.03. The van der Waals surface area contributed by atoms with E-state index in [1.54, 1.807) is 10.9 Å². The average molecular weight is 211 g/mol. The molecule has 0 bridgehead atoms. The van der Waals surface area contributed by atoms with Crippen molar-refractivity contribution in [1.29, 1.82) is 0 Å². The van der Waals surface area contributed by atoms with Gasteiger partial charge in [-0.15, -0.1) is 23.9 Å². The Morgan fingerprint density at radius 2 is 2.50 bits per heavy atom. The van der Waals surface area contributed by atoms with Crippen molar-refractivity contribution in [2.75, 3.05) is 5.88 Å². The molecule has 1 rings (SSSR count). The van der Waals surface area contributed by atoms with Gasteiger partial charge in [-0.05, 0) is 6.42 Å². The number of aromatic nitrogens is 2. The van der Waals surface area contributed by atoms with Crippen LogP contribution < -0.4 is 0 Å². The fourth-order valence-corrected chi connectivity index (χ4v) is 1.20. The van der Waals surface area contributed by atoms with Crippen LogP contribution in [0.3, 0.4) is 0 Å². The maximum atomic E-state index is 11.1. The lowest BCUT2D eigenvalue weighted by molar-refractivity contribution is 0.102. The highest BCUT2D eigenvalue weighted by atomic mass is 35.5. The molecule has 1 aromatic heterocycles. The number of carbonyl (C=O) groups is 1. The number of Topliss-reactive ketones (excluding diaryl/α,β-unsaturated/α-hetero) is 1. The zero-order valence-corrected chi connectivity index (χ0v) is 8.50. The van der Waals surface area contributed by atoms with Gasteiger partial charge in [-0.3, -0.25) is 9.48 Å². The van der Waals surface area contributed by atoms with Crippen LogP contribution >= 0.6 is 11.6 Å².